The first-order valence-corrected chi connectivity index (χ1v) is 8.19. The van der Waals surface area contributed by atoms with E-state index in [1.54, 1.807) is 12.1 Å². The lowest BCUT2D eigenvalue weighted by atomic mass is 9.61. The molecule has 0 spiro atoms. The van der Waals surface area contributed by atoms with Gasteiger partial charge < -0.3 is 5.11 Å². The third-order valence-electron chi connectivity index (χ3n) is 4.87. The van der Waals surface area contributed by atoms with Gasteiger partial charge in [-0.3, -0.25) is 4.79 Å². The second-order valence-corrected chi connectivity index (χ2v) is 6.87. The molecule has 21 heavy (non-hydrogen) atoms. The molecule has 3 rings (SSSR count). The number of fused-ring (bicyclic) bond motifs is 3. The Morgan fingerprint density at radius 3 is 2.67 bits per heavy atom. The molecule has 0 bridgehead atoms. The first-order chi connectivity index (χ1) is 9.98. The molecule has 2 aliphatic rings. The number of carbonyl (C=O) groups excluding carboxylic acids is 1. The van der Waals surface area contributed by atoms with E-state index >= 15 is 0 Å². The fourth-order valence-corrected chi connectivity index (χ4v) is 4.34. The van der Waals surface area contributed by atoms with Gasteiger partial charge in [0.25, 0.3) is 0 Å². The SMILES string of the molecule is CCCC12CCC(=O)C=C1c1c(cc(O)c(Cl)c1Cl)CC2. The van der Waals surface area contributed by atoms with Crippen LogP contribution >= 0.6 is 23.2 Å². The van der Waals surface area contributed by atoms with E-state index in [2.05, 4.69) is 6.92 Å². The van der Waals surface area contributed by atoms with Gasteiger partial charge in [0.2, 0.25) is 0 Å². The van der Waals surface area contributed by atoms with Crippen molar-refractivity contribution in [2.45, 2.75) is 45.4 Å². The minimum absolute atomic E-state index is 0.0196. The maximum Gasteiger partial charge on any atom is 0.156 e. The number of phenols is 1. The summed E-state index contributed by atoms with van der Waals surface area (Å²) in [5.74, 6) is 0.177. The van der Waals surface area contributed by atoms with Gasteiger partial charge in [0.1, 0.15) is 10.8 Å². The second kappa shape index (κ2) is 5.33. The first-order valence-electron chi connectivity index (χ1n) is 7.44. The summed E-state index contributed by atoms with van der Waals surface area (Å²) >= 11 is 12.5. The van der Waals surface area contributed by atoms with Crippen LogP contribution in [0.2, 0.25) is 10.0 Å². The Labute approximate surface area is 134 Å². The largest absolute Gasteiger partial charge is 0.506 e. The second-order valence-electron chi connectivity index (χ2n) is 6.11. The van der Waals surface area contributed by atoms with Crippen LogP contribution in [-0.4, -0.2) is 10.9 Å². The number of halogens is 2. The summed E-state index contributed by atoms with van der Waals surface area (Å²) in [4.78, 5) is 11.9. The highest BCUT2D eigenvalue weighted by molar-refractivity contribution is 6.44. The number of carbonyl (C=O) groups is 1. The number of phenolic OH excluding ortho intramolecular Hbond substituents is 1. The monoisotopic (exact) mass is 324 g/mol. The summed E-state index contributed by atoms with van der Waals surface area (Å²) < 4.78 is 0. The first kappa shape index (κ1) is 14.9. The highest BCUT2D eigenvalue weighted by Crippen LogP contribution is 2.56. The number of aryl methyl sites for hydroxylation is 1. The highest BCUT2D eigenvalue weighted by atomic mass is 35.5. The lowest BCUT2D eigenvalue weighted by molar-refractivity contribution is -0.115. The molecule has 1 aromatic rings. The Balaban J connectivity index is 2.24. The Morgan fingerprint density at radius 1 is 1.24 bits per heavy atom. The fraction of sp³-hybridized carbons (Fsp3) is 0.471. The minimum Gasteiger partial charge on any atom is -0.506 e. The van der Waals surface area contributed by atoms with Crippen LogP contribution in [0.5, 0.6) is 5.75 Å². The summed E-state index contributed by atoms with van der Waals surface area (Å²) in [6.45, 7) is 2.17. The molecule has 0 saturated heterocycles. The molecule has 112 valence electrons. The van der Waals surface area contributed by atoms with Crippen molar-refractivity contribution < 1.29 is 9.90 Å². The van der Waals surface area contributed by atoms with E-state index in [1.165, 1.54) is 0 Å². The zero-order chi connectivity index (χ0) is 15.2. The molecule has 4 heteroatoms. The van der Waals surface area contributed by atoms with Gasteiger partial charge in [-0.2, -0.15) is 0 Å². The normalized spacial score (nSPS) is 24.3. The number of allylic oxidation sites excluding steroid dienone is 2. The van der Waals surface area contributed by atoms with E-state index in [9.17, 15) is 9.90 Å². The predicted octanol–water partition coefficient (Wildman–Crippen LogP) is 5.18. The van der Waals surface area contributed by atoms with Gasteiger partial charge in [0.05, 0.1) is 5.02 Å². The van der Waals surface area contributed by atoms with E-state index in [-0.39, 0.29) is 22.0 Å². The van der Waals surface area contributed by atoms with Gasteiger partial charge in [-0.25, -0.2) is 0 Å². The van der Waals surface area contributed by atoms with Crippen molar-refractivity contribution in [3.8, 4) is 5.75 Å². The Hall–Kier alpha value is -0.990. The summed E-state index contributed by atoms with van der Waals surface area (Å²) in [5, 5.41) is 10.4. The van der Waals surface area contributed by atoms with Gasteiger partial charge in [0, 0.05) is 12.0 Å². The summed E-state index contributed by atoms with van der Waals surface area (Å²) in [5.41, 5.74) is 2.95. The molecule has 1 atom stereocenters. The molecule has 1 N–H and O–H groups in total. The minimum atomic E-state index is 0.0196. The standard InChI is InChI=1S/C17H18Cl2O2/c1-2-5-17-6-3-10-8-13(21)15(18)16(19)14(10)12(17)9-11(20)4-7-17/h8-9,21H,2-7H2,1H3. The van der Waals surface area contributed by atoms with Crippen molar-refractivity contribution in [1.29, 1.82) is 0 Å². The topological polar surface area (TPSA) is 37.3 Å². The van der Waals surface area contributed by atoms with Crippen LogP contribution in [0.1, 0.15) is 50.2 Å². The van der Waals surface area contributed by atoms with E-state index in [4.69, 9.17) is 23.2 Å². The molecule has 0 heterocycles. The van der Waals surface area contributed by atoms with E-state index in [0.29, 0.717) is 11.4 Å². The highest BCUT2D eigenvalue weighted by Gasteiger charge is 2.42. The molecule has 0 amide bonds. The number of ketones is 1. The molecule has 0 saturated carbocycles. The third kappa shape index (κ3) is 2.29. The molecular weight excluding hydrogens is 307 g/mol. The van der Waals surface area contributed by atoms with Crippen molar-refractivity contribution in [1.82, 2.24) is 0 Å². The quantitative estimate of drug-likeness (QED) is 0.813. The number of benzene rings is 1. The van der Waals surface area contributed by atoms with E-state index in [0.717, 1.165) is 48.8 Å². The smallest absolute Gasteiger partial charge is 0.156 e. The lowest BCUT2D eigenvalue weighted by Crippen LogP contribution is -2.32. The van der Waals surface area contributed by atoms with E-state index in [1.807, 2.05) is 0 Å². The maximum absolute atomic E-state index is 11.9. The van der Waals surface area contributed by atoms with Crippen LogP contribution < -0.4 is 0 Å². The molecule has 1 aromatic carbocycles. The average molecular weight is 325 g/mol. The molecule has 0 fully saturated rings. The van der Waals surface area contributed by atoms with Crippen LogP contribution in [0.3, 0.4) is 0 Å². The molecule has 0 radical (unpaired) electrons. The van der Waals surface area contributed by atoms with Crippen molar-refractivity contribution in [2.75, 3.05) is 0 Å². The molecular formula is C17H18Cl2O2. The van der Waals surface area contributed by atoms with Gasteiger partial charge in [-0.15, -0.1) is 0 Å². The average Bonchev–Trinajstić information content (AvgIpc) is 2.46. The number of hydrogen-bond acceptors (Lipinski definition) is 2. The molecule has 0 aliphatic heterocycles. The summed E-state index contributed by atoms with van der Waals surface area (Å²) in [7, 11) is 0. The van der Waals surface area contributed by atoms with Gasteiger partial charge in [0.15, 0.2) is 5.78 Å². The van der Waals surface area contributed by atoms with Crippen LogP contribution in [0, 0.1) is 5.41 Å². The zero-order valence-electron chi connectivity index (χ0n) is 12.0. The maximum atomic E-state index is 11.9. The number of hydrogen-bond donors (Lipinski definition) is 1. The van der Waals surface area contributed by atoms with Crippen molar-refractivity contribution in [3.63, 3.8) is 0 Å². The summed E-state index contributed by atoms with van der Waals surface area (Å²) in [6, 6.07) is 1.69. The van der Waals surface area contributed by atoms with Gasteiger partial charge in [-0.1, -0.05) is 36.5 Å². The lowest BCUT2D eigenvalue weighted by Gasteiger charge is -2.43. The summed E-state index contributed by atoms with van der Waals surface area (Å²) in [6.07, 6.45) is 7.26. The molecule has 1 unspecified atom stereocenters. The van der Waals surface area contributed by atoms with Crippen LogP contribution in [0.4, 0.5) is 0 Å². The van der Waals surface area contributed by atoms with Crippen molar-refractivity contribution in [3.05, 3.63) is 33.3 Å². The van der Waals surface area contributed by atoms with Crippen LogP contribution in [0.25, 0.3) is 5.57 Å². The Morgan fingerprint density at radius 2 is 1.95 bits per heavy atom. The fourth-order valence-electron chi connectivity index (χ4n) is 3.87. The van der Waals surface area contributed by atoms with Crippen LogP contribution in [0.15, 0.2) is 12.1 Å². The Bertz CT molecular complexity index is 649. The molecule has 2 aliphatic carbocycles. The number of rotatable bonds is 2. The molecule has 2 nitrogen and oxygen atoms in total. The molecule has 0 aromatic heterocycles. The Kier molecular flexibility index (Phi) is 3.79. The van der Waals surface area contributed by atoms with Crippen LogP contribution in [-0.2, 0) is 11.2 Å². The van der Waals surface area contributed by atoms with Gasteiger partial charge >= 0.3 is 0 Å². The zero-order valence-corrected chi connectivity index (χ0v) is 13.5. The predicted molar refractivity (Wildman–Crippen MR) is 86.0 cm³/mol. The number of aromatic hydroxyl groups is 1. The third-order valence-corrected chi connectivity index (χ3v) is 5.72. The van der Waals surface area contributed by atoms with E-state index < -0.39 is 0 Å². The van der Waals surface area contributed by atoms with Crippen molar-refractivity contribution in [2.24, 2.45) is 5.41 Å². The van der Waals surface area contributed by atoms with Gasteiger partial charge in [-0.05, 0) is 54.4 Å². The van der Waals surface area contributed by atoms with Crippen molar-refractivity contribution >= 4 is 34.6 Å².